The standard InChI is InChI=1S/C25H25ClN2O/c1-16-15-19(13-14-21(16)26)28-23(17-9-11-18(12-10-17)25(2,3)4)27-22-8-6-5-7-20(22)24(28)29/h5-15,23,27H,1-4H3. The van der Waals surface area contributed by atoms with Gasteiger partial charge in [-0.1, -0.05) is 68.8 Å². The van der Waals surface area contributed by atoms with Crippen LogP contribution in [0.4, 0.5) is 11.4 Å². The van der Waals surface area contributed by atoms with Gasteiger partial charge in [0.1, 0.15) is 6.17 Å². The minimum absolute atomic E-state index is 0.0222. The maximum atomic E-state index is 13.5. The van der Waals surface area contributed by atoms with E-state index in [1.165, 1.54) is 5.56 Å². The lowest BCUT2D eigenvalue weighted by Gasteiger charge is -2.38. The SMILES string of the molecule is Cc1cc(N2C(=O)c3ccccc3NC2c2ccc(C(C)(C)C)cc2)ccc1Cl. The van der Waals surface area contributed by atoms with Gasteiger partial charge in [0, 0.05) is 16.4 Å². The molecule has 3 aromatic rings. The van der Waals surface area contributed by atoms with Crippen molar-refractivity contribution in [2.75, 3.05) is 10.2 Å². The van der Waals surface area contributed by atoms with E-state index in [9.17, 15) is 4.79 Å². The minimum Gasteiger partial charge on any atom is -0.360 e. The molecule has 0 spiro atoms. The van der Waals surface area contributed by atoms with E-state index >= 15 is 0 Å². The van der Waals surface area contributed by atoms with Gasteiger partial charge in [0.05, 0.1) is 5.56 Å². The molecule has 1 aliphatic rings. The summed E-state index contributed by atoms with van der Waals surface area (Å²) in [6.45, 7) is 8.55. The van der Waals surface area contributed by atoms with E-state index in [4.69, 9.17) is 11.6 Å². The van der Waals surface area contributed by atoms with Gasteiger partial charge < -0.3 is 5.32 Å². The number of para-hydroxylation sites is 1. The van der Waals surface area contributed by atoms with Crippen LogP contribution < -0.4 is 10.2 Å². The number of anilines is 2. The Morgan fingerprint density at radius 2 is 1.66 bits per heavy atom. The van der Waals surface area contributed by atoms with Crippen molar-refractivity contribution in [3.63, 3.8) is 0 Å². The van der Waals surface area contributed by atoms with E-state index in [0.717, 1.165) is 22.5 Å². The predicted molar refractivity (Wildman–Crippen MR) is 121 cm³/mol. The largest absolute Gasteiger partial charge is 0.360 e. The van der Waals surface area contributed by atoms with Crippen LogP contribution in [-0.4, -0.2) is 5.91 Å². The monoisotopic (exact) mass is 404 g/mol. The summed E-state index contributed by atoms with van der Waals surface area (Å²) in [6, 6.07) is 21.9. The molecule has 0 aromatic heterocycles. The van der Waals surface area contributed by atoms with Gasteiger partial charge in [-0.05, 0) is 59.4 Å². The molecule has 1 aliphatic heterocycles. The Kier molecular flexibility index (Phi) is 4.87. The van der Waals surface area contributed by atoms with Crippen LogP contribution in [0.1, 0.15) is 54.0 Å². The molecule has 1 atom stereocenters. The molecule has 148 valence electrons. The molecule has 0 fully saturated rings. The minimum atomic E-state index is -0.299. The first-order chi connectivity index (χ1) is 13.8. The number of fused-ring (bicyclic) bond motifs is 1. The maximum Gasteiger partial charge on any atom is 0.262 e. The smallest absolute Gasteiger partial charge is 0.262 e. The van der Waals surface area contributed by atoms with Gasteiger partial charge in [0.15, 0.2) is 0 Å². The molecular formula is C25H25ClN2O. The van der Waals surface area contributed by atoms with Gasteiger partial charge in [-0.25, -0.2) is 0 Å². The molecule has 0 saturated carbocycles. The molecule has 4 heteroatoms. The Morgan fingerprint density at radius 3 is 2.31 bits per heavy atom. The molecule has 0 saturated heterocycles. The summed E-state index contributed by atoms with van der Waals surface area (Å²) in [7, 11) is 0. The summed E-state index contributed by atoms with van der Waals surface area (Å²) in [5, 5.41) is 4.25. The highest BCUT2D eigenvalue weighted by molar-refractivity contribution is 6.31. The number of rotatable bonds is 2. The van der Waals surface area contributed by atoms with Crippen molar-refractivity contribution in [1.29, 1.82) is 0 Å². The predicted octanol–water partition coefficient (Wildman–Crippen LogP) is 6.72. The third kappa shape index (κ3) is 3.63. The van der Waals surface area contributed by atoms with Crippen LogP contribution in [0.25, 0.3) is 0 Å². The second-order valence-electron chi connectivity index (χ2n) is 8.57. The second-order valence-corrected chi connectivity index (χ2v) is 8.98. The number of benzene rings is 3. The topological polar surface area (TPSA) is 32.3 Å². The molecule has 1 N–H and O–H groups in total. The van der Waals surface area contributed by atoms with Gasteiger partial charge in [0.2, 0.25) is 0 Å². The van der Waals surface area contributed by atoms with E-state index in [2.05, 4.69) is 50.4 Å². The molecule has 29 heavy (non-hydrogen) atoms. The molecule has 0 aliphatic carbocycles. The highest BCUT2D eigenvalue weighted by Gasteiger charge is 2.34. The average molecular weight is 405 g/mol. The zero-order chi connectivity index (χ0) is 20.8. The highest BCUT2D eigenvalue weighted by atomic mass is 35.5. The summed E-state index contributed by atoms with van der Waals surface area (Å²) in [5.74, 6) is -0.0222. The average Bonchev–Trinajstić information content (AvgIpc) is 2.70. The van der Waals surface area contributed by atoms with Gasteiger partial charge in [0.25, 0.3) is 5.91 Å². The number of halogens is 1. The summed E-state index contributed by atoms with van der Waals surface area (Å²) in [5.41, 5.74) is 5.66. The third-order valence-electron chi connectivity index (χ3n) is 5.44. The molecule has 3 aromatic carbocycles. The van der Waals surface area contributed by atoms with Crippen molar-refractivity contribution in [1.82, 2.24) is 0 Å². The van der Waals surface area contributed by atoms with Gasteiger partial charge in [-0.3, -0.25) is 9.69 Å². The second kappa shape index (κ2) is 7.23. The van der Waals surface area contributed by atoms with Gasteiger partial charge >= 0.3 is 0 Å². The number of carbonyl (C=O) groups is 1. The third-order valence-corrected chi connectivity index (χ3v) is 5.86. The van der Waals surface area contributed by atoms with E-state index < -0.39 is 0 Å². The zero-order valence-electron chi connectivity index (χ0n) is 17.2. The van der Waals surface area contributed by atoms with Crippen molar-refractivity contribution >= 4 is 28.9 Å². The van der Waals surface area contributed by atoms with Crippen LogP contribution >= 0.6 is 11.6 Å². The van der Waals surface area contributed by atoms with Gasteiger partial charge in [-0.15, -0.1) is 0 Å². The summed E-state index contributed by atoms with van der Waals surface area (Å²) in [4.78, 5) is 15.3. The summed E-state index contributed by atoms with van der Waals surface area (Å²) < 4.78 is 0. The normalized spacial score (nSPS) is 16.4. The molecule has 0 bridgehead atoms. The molecule has 0 radical (unpaired) electrons. The molecule has 3 nitrogen and oxygen atoms in total. The van der Waals surface area contributed by atoms with E-state index in [1.54, 1.807) is 0 Å². The van der Waals surface area contributed by atoms with Crippen LogP contribution in [0.3, 0.4) is 0 Å². The molecule has 1 unspecified atom stereocenters. The van der Waals surface area contributed by atoms with E-state index in [-0.39, 0.29) is 17.5 Å². The van der Waals surface area contributed by atoms with E-state index in [0.29, 0.717) is 10.6 Å². The fraction of sp³-hybridized carbons (Fsp3) is 0.240. The Morgan fingerprint density at radius 1 is 0.966 bits per heavy atom. The number of hydrogen-bond donors (Lipinski definition) is 1. The molecule has 1 heterocycles. The van der Waals surface area contributed by atoms with Crippen molar-refractivity contribution < 1.29 is 4.79 Å². The van der Waals surface area contributed by atoms with Crippen LogP contribution in [0, 0.1) is 6.92 Å². The zero-order valence-corrected chi connectivity index (χ0v) is 17.9. The quantitative estimate of drug-likeness (QED) is 0.514. The highest BCUT2D eigenvalue weighted by Crippen LogP contribution is 2.38. The lowest BCUT2D eigenvalue weighted by molar-refractivity contribution is 0.0975. The number of nitrogens with zero attached hydrogens (tertiary/aromatic N) is 1. The molecule has 4 rings (SSSR count). The lowest BCUT2D eigenvalue weighted by Crippen LogP contribution is -2.43. The number of amides is 1. The number of aryl methyl sites for hydroxylation is 1. The van der Waals surface area contributed by atoms with E-state index in [1.807, 2.05) is 54.3 Å². The number of nitrogens with one attached hydrogen (secondary N) is 1. The summed E-state index contributed by atoms with van der Waals surface area (Å²) >= 11 is 6.23. The Balaban J connectivity index is 1.82. The maximum absolute atomic E-state index is 13.5. The van der Waals surface area contributed by atoms with Crippen molar-refractivity contribution in [3.05, 3.63) is 94.0 Å². The van der Waals surface area contributed by atoms with Crippen molar-refractivity contribution in [3.8, 4) is 0 Å². The number of carbonyl (C=O) groups excluding carboxylic acids is 1. The van der Waals surface area contributed by atoms with Crippen molar-refractivity contribution in [2.45, 2.75) is 39.3 Å². The Bertz CT molecular complexity index is 1070. The fourth-order valence-electron chi connectivity index (χ4n) is 3.70. The Hall–Kier alpha value is -2.78. The lowest BCUT2D eigenvalue weighted by atomic mass is 9.86. The first-order valence-corrected chi connectivity index (χ1v) is 10.2. The Labute approximate surface area is 177 Å². The molecular weight excluding hydrogens is 380 g/mol. The van der Waals surface area contributed by atoms with Crippen LogP contribution in [0.5, 0.6) is 0 Å². The number of hydrogen-bond acceptors (Lipinski definition) is 2. The van der Waals surface area contributed by atoms with Crippen LogP contribution in [-0.2, 0) is 5.41 Å². The van der Waals surface area contributed by atoms with Crippen molar-refractivity contribution in [2.24, 2.45) is 0 Å². The fourth-order valence-corrected chi connectivity index (χ4v) is 3.81. The van der Waals surface area contributed by atoms with Crippen LogP contribution in [0.15, 0.2) is 66.7 Å². The van der Waals surface area contributed by atoms with Gasteiger partial charge in [-0.2, -0.15) is 0 Å². The van der Waals surface area contributed by atoms with Crippen LogP contribution in [0.2, 0.25) is 5.02 Å². The first-order valence-electron chi connectivity index (χ1n) is 9.81. The first kappa shape index (κ1) is 19.5. The molecule has 1 amide bonds. The summed E-state index contributed by atoms with van der Waals surface area (Å²) in [6.07, 6.45) is -0.299.